The number of nitrogens with one attached hydrogen (secondary N) is 1. The number of halogens is 1. The predicted molar refractivity (Wildman–Crippen MR) is 87.7 cm³/mol. The van der Waals surface area contributed by atoms with Crippen molar-refractivity contribution in [2.75, 3.05) is 13.2 Å². The summed E-state index contributed by atoms with van der Waals surface area (Å²) in [5, 5.41) is 3.15. The van der Waals surface area contributed by atoms with Crippen molar-refractivity contribution >= 4 is 21.8 Å². The minimum Gasteiger partial charge on any atom is -0.373 e. The molecule has 1 aromatic carbocycles. The number of hydrogen-bond acceptors (Lipinski definition) is 3. The first kappa shape index (κ1) is 16.0. The van der Waals surface area contributed by atoms with Gasteiger partial charge in [-0.05, 0) is 37.3 Å². The van der Waals surface area contributed by atoms with Crippen LogP contribution in [0.5, 0.6) is 0 Å². The number of rotatable bonds is 4. The molecule has 0 radical (unpaired) electrons. The Kier molecular flexibility index (Phi) is 5.50. The van der Waals surface area contributed by atoms with E-state index in [4.69, 9.17) is 9.47 Å². The van der Waals surface area contributed by atoms with Crippen LogP contribution in [0.15, 0.2) is 28.7 Å². The Morgan fingerprint density at radius 1 is 1.18 bits per heavy atom. The maximum Gasteiger partial charge on any atom is 0.220 e. The highest BCUT2D eigenvalue weighted by molar-refractivity contribution is 9.10. The number of hydrogen-bond donors (Lipinski definition) is 1. The predicted octanol–water partition coefficient (Wildman–Crippen LogP) is 2.83. The molecule has 1 aliphatic carbocycles. The molecule has 2 aliphatic rings. The third kappa shape index (κ3) is 4.09. The first-order chi connectivity index (χ1) is 10.7. The van der Waals surface area contributed by atoms with Crippen molar-refractivity contribution in [1.29, 1.82) is 0 Å². The smallest absolute Gasteiger partial charge is 0.220 e. The zero-order valence-electron chi connectivity index (χ0n) is 12.6. The molecule has 0 bridgehead atoms. The van der Waals surface area contributed by atoms with Gasteiger partial charge < -0.3 is 14.8 Å². The molecule has 22 heavy (non-hydrogen) atoms. The van der Waals surface area contributed by atoms with Gasteiger partial charge in [0.05, 0.1) is 25.4 Å². The Labute approximate surface area is 139 Å². The van der Waals surface area contributed by atoms with Gasteiger partial charge >= 0.3 is 0 Å². The van der Waals surface area contributed by atoms with Crippen LogP contribution in [-0.4, -0.2) is 37.4 Å². The summed E-state index contributed by atoms with van der Waals surface area (Å²) >= 11 is 3.52. The van der Waals surface area contributed by atoms with Crippen LogP contribution >= 0.6 is 15.9 Å². The first-order valence-electron chi connectivity index (χ1n) is 7.98. The monoisotopic (exact) mass is 367 g/mol. The van der Waals surface area contributed by atoms with Crippen molar-refractivity contribution in [2.24, 2.45) is 0 Å². The highest BCUT2D eigenvalue weighted by atomic mass is 79.9. The van der Waals surface area contributed by atoms with Gasteiger partial charge in [0, 0.05) is 16.9 Å². The molecule has 1 aliphatic heterocycles. The van der Waals surface area contributed by atoms with E-state index in [0.29, 0.717) is 19.6 Å². The molecule has 120 valence electrons. The van der Waals surface area contributed by atoms with Gasteiger partial charge in [0.1, 0.15) is 0 Å². The van der Waals surface area contributed by atoms with E-state index in [9.17, 15) is 4.79 Å². The van der Waals surface area contributed by atoms with E-state index < -0.39 is 0 Å². The normalized spacial score (nSPS) is 28.0. The summed E-state index contributed by atoms with van der Waals surface area (Å²) in [7, 11) is 0. The Morgan fingerprint density at radius 2 is 1.95 bits per heavy atom. The summed E-state index contributed by atoms with van der Waals surface area (Å²) in [5.41, 5.74) is 1.17. The summed E-state index contributed by atoms with van der Waals surface area (Å²) in [6.45, 7) is 1.37. The Morgan fingerprint density at radius 3 is 2.77 bits per heavy atom. The lowest BCUT2D eigenvalue weighted by atomic mass is 9.89. The van der Waals surface area contributed by atoms with Crippen LogP contribution in [0.2, 0.25) is 0 Å². The maximum atomic E-state index is 12.2. The van der Waals surface area contributed by atoms with Crippen molar-refractivity contribution in [3.8, 4) is 0 Å². The first-order valence-corrected chi connectivity index (χ1v) is 8.77. The molecule has 4 nitrogen and oxygen atoms in total. The van der Waals surface area contributed by atoms with Gasteiger partial charge in [-0.2, -0.15) is 0 Å². The van der Waals surface area contributed by atoms with Crippen LogP contribution in [0, 0.1) is 0 Å². The molecule has 1 heterocycles. The lowest BCUT2D eigenvalue weighted by molar-refractivity contribution is -0.158. The fourth-order valence-corrected chi connectivity index (χ4v) is 3.73. The number of fused-ring (bicyclic) bond motifs is 1. The number of carbonyl (C=O) groups excluding carboxylic acids is 1. The van der Waals surface area contributed by atoms with Crippen LogP contribution in [0.1, 0.15) is 31.2 Å². The molecule has 1 amide bonds. The molecule has 3 atom stereocenters. The zero-order valence-corrected chi connectivity index (χ0v) is 14.2. The molecular weight excluding hydrogens is 346 g/mol. The summed E-state index contributed by atoms with van der Waals surface area (Å²) in [6.07, 6.45) is 4.46. The highest BCUT2D eigenvalue weighted by Gasteiger charge is 2.34. The molecule has 0 unspecified atom stereocenters. The SMILES string of the molecule is O=C(CCc1ccccc1Br)N[C@@H]1CC[C@@H]2OCCO[C@H]2C1. The van der Waals surface area contributed by atoms with Crippen molar-refractivity contribution in [2.45, 2.75) is 50.4 Å². The lowest BCUT2D eigenvalue weighted by Gasteiger charge is -2.39. The van der Waals surface area contributed by atoms with E-state index in [0.717, 1.165) is 30.2 Å². The Bertz CT molecular complexity index is 522. The molecule has 2 fully saturated rings. The number of ether oxygens (including phenoxy) is 2. The van der Waals surface area contributed by atoms with Gasteiger partial charge in [0.15, 0.2) is 0 Å². The minimum atomic E-state index is 0.121. The fourth-order valence-electron chi connectivity index (χ4n) is 3.25. The van der Waals surface area contributed by atoms with E-state index in [1.54, 1.807) is 0 Å². The van der Waals surface area contributed by atoms with Crippen LogP contribution < -0.4 is 5.32 Å². The Balaban J connectivity index is 1.45. The fraction of sp³-hybridized carbons (Fsp3) is 0.588. The van der Waals surface area contributed by atoms with Crippen molar-refractivity contribution in [3.05, 3.63) is 34.3 Å². The average molecular weight is 368 g/mol. The highest BCUT2D eigenvalue weighted by Crippen LogP contribution is 2.27. The second-order valence-corrected chi connectivity index (χ2v) is 6.84. The molecule has 0 aromatic heterocycles. The van der Waals surface area contributed by atoms with Crippen LogP contribution in [0.3, 0.4) is 0 Å². The molecule has 3 rings (SSSR count). The van der Waals surface area contributed by atoms with Crippen LogP contribution in [0.25, 0.3) is 0 Å². The van der Waals surface area contributed by atoms with Gasteiger partial charge in [-0.1, -0.05) is 34.1 Å². The van der Waals surface area contributed by atoms with Crippen molar-refractivity contribution in [3.63, 3.8) is 0 Å². The summed E-state index contributed by atoms with van der Waals surface area (Å²) < 4.78 is 12.5. The largest absolute Gasteiger partial charge is 0.373 e. The molecule has 1 N–H and O–H groups in total. The molecule has 1 aromatic rings. The Hall–Kier alpha value is -0.910. The number of benzene rings is 1. The van der Waals surface area contributed by atoms with Crippen molar-refractivity contribution < 1.29 is 14.3 Å². The van der Waals surface area contributed by atoms with E-state index >= 15 is 0 Å². The topological polar surface area (TPSA) is 47.6 Å². The standard InChI is InChI=1S/C17H22BrNO3/c18-14-4-2-1-3-12(14)5-8-17(20)19-13-6-7-15-16(11-13)22-10-9-21-15/h1-4,13,15-16H,5-11H2,(H,19,20)/t13-,15+,16+/m1/s1. The van der Waals surface area contributed by atoms with Gasteiger partial charge in [0.2, 0.25) is 5.91 Å². The van der Waals surface area contributed by atoms with E-state index in [2.05, 4.69) is 27.3 Å². The van der Waals surface area contributed by atoms with Crippen LogP contribution in [-0.2, 0) is 20.7 Å². The van der Waals surface area contributed by atoms with Gasteiger partial charge in [-0.15, -0.1) is 0 Å². The molecule has 5 heteroatoms. The van der Waals surface area contributed by atoms with Crippen molar-refractivity contribution in [1.82, 2.24) is 5.32 Å². The van der Waals surface area contributed by atoms with Gasteiger partial charge in [0.25, 0.3) is 0 Å². The third-order valence-electron chi connectivity index (χ3n) is 4.42. The molecular formula is C17H22BrNO3. The second kappa shape index (κ2) is 7.57. The molecule has 0 spiro atoms. The average Bonchev–Trinajstić information content (AvgIpc) is 2.54. The summed E-state index contributed by atoms with van der Waals surface area (Å²) in [4.78, 5) is 12.2. The number of carbonyl (C=O) groups is 1. The van der Waals surface area contributed by atoms with Crippen LogP contribution in [0.4, 0.5) is 0 Å². The quantitative estimate of drug-likeness (QED) is 0.889. The lowest BCUT2D eigenvalue weighted by Crippen LogP contribution is -2.49. The summed E-state index contributed by atoms with van der Waals surface area (Å²) in [5.74, 6) is 0.121. The summed E-state index contributed by atoms with van der Waals surface area (Å²) in [6, 6.07) is 8.26. The minimum absolute atomic E-state index is 0.121. The van der Waals surface area contributed by atoms with E-state index in [-0.39, 0.29) is 24.2 Å². The number of amides is 1. The van der Waals surface area contributed by atoms with E-state index in [1.807, 2.05) is 18.2 Å². The van der Waals surface area contributed by atoms with Gasteiger partial charge in [-0.3, -0.25) is 4.79 Å². The van der Waals surface area contributed by atoms with E-state index in [1.165, 1.54) is 5.56 Å². The number of aryl methyl sites for hydroxylation is 1. The third-order valence-corrected chi connectivity index (χ3v) is 5.20. The second-order valence-electron chi connectivity index (χ2n) is 5.99. The molecule has 1 saturated carbocycles. The maximum absolute atomic E-state index is 12.2. The molecule has 1 saturated heterocycles. The zero-order chi connectivity index (χ0) is 15.4. The van der Waals surface area contributed by atoms with Gasteiger partial charge in [-0.25, -0.2) is 0 Å².